The van der Waals surface area contributed by atoms with Gasteiger partial charge in [-0.1, -0.05) is 50.2 Å². The minimum Gasteiger partial charge on any atom is -0.459 e. The largest absolute Gasteiger partial charge is 0.459 e. The van der Waals surface area contributed by atoms with Crippen molar-refractivity contribution < 1.29 is 23.9 Å². The summed E-state index contributed by atoms with van der Waals surface area (Å²) in [6.07, 6.45) is 3.89. The van der Waals surface area contributed by atoms with E-state index in [4.69, 9.17) is 4.74 Å². The monoisotopic (exact) mass is 445 g/mol. The number of carbonyl (C=O) groups excluding carboxylic acids is 4. The first-order valence-electron chi connectivity index (χ1n) is 10.2. The summed E-state index contributed by atoms with van der Waals surface area (Å²) in [5.74, 6) is -0.304. The molecule has 0 heterocycles. The molecule has 1 rings (SSSR count). The van der Waals surface area contributed by atoms with Gasteiger partial charge in [-0.2, -0.15) is 0 Å². The average Bonchev–Trinajstić information content (AvgIpc) is 3.13. The fourth-order valence-electron chi connectivity index (χ4n) is 3.13. The zero-order chi connectivity index (χ0) is 22.2. The van der Waals surface area contributed by atoms with Gasteiger partial charge in [0.15, 0.2) is 10.2 Å². The van der Waals surface area contributed by atoms with Crippen LogP contribution >= 0.6 is 23.5 Å². The van der Waals surface area contributed by atoms with E-state index < -0.39 is 11.6 Å². The van der Waals surface area contributed by atoms with Crippen LogP contribution in [0.1, 0.15) is 67.2 Å². The molecule has 6 nitrogen and oxygen atoms in total. The van der Waals surface area contributed by atoms with Crippen molar-refractivity contribution in [3.63, 3.8) is 0 Å². The van der Waals surface area contributed by atoms with Crippen LogP contribution in [0.15, 0.2) is 0 Å². The molecule has 0 spiro atoms. The molecule has 1 aliphatic carbocycles. The Morgan fingerprint density at radius 3 is 2.07 bits per heavy atom. The molecule has 2 unspecified atom stereocenters. The molecule has 0 aliphatic heterocycles. The van der Waals surface area contributed by atoms with E-state index in [2.05, 4.69) is 0 Å². The standard InChI is InChI=1S/C21H35NO5S2/c1-14(12-29-20(26)15(2)13-28-16(3)23)19(25)22(17-9-7-8-10-17)11-18(24)27-21(4,5)6/h14-15,17H,7-13H2,1-6H3. The lowest BCUT2D eigenvalue weighted by molar-refractivity contribution is -0.160. The third-order valence-corrected chi connectivity index (χ3v) is 7.03. The maximum Gasteiger partial charge on any atom is 0.326 e. The molecule has 0 aromatic carbocycles. The van der Waals surface area contributed by atoms with Gasteiger partial charge in [-0.3, -0.25) is 19.2 Å². The predicted molar refractivity (Wildman–Crippen MR) is 119 cm³/mol. The minimum absolute atomic E-state index is 0.00690. The number of nitrogens with zero attached hydrogens (tertiary/aromatic N) is 1. The van der Waals surface area contributed by atoms with Crippen LogP contribution in [0.25, 0.3) is 0 Å². The summed E-state index contributed by atoms with van der Waals surface area (Å²) in [6.45, 7) is 10.5. The summed E-state index contributed by atoms with van der Waals surface area (Å²) in [4.78, 5) is 50.4. The Bertz CT molecular complexity index is 596. The molecule has 0 saturated heterocycles. The van der Waals surface area contributed by atoms with Crippen molar-refractivity contribution in [2.75, 3.05) is 18.1 Å². The first-order valence-corrected chi connectivity index (χ1v) is 12.2. The highest BCUT2D eigenvalue weighted by Gasteiger charge is 2.32. The van der Waals surface area contributed by atoms with E-state index in [1.54, 1.807) is 18.7 Å². The number of amides is 1. The van der Waals surface area contributed by atoms with Gasteiger partial charge in [-0.25, -0.2) is 0 Å². The van der Waals surface area contributed by atoms with Gasteiger partial charge in [-0.05, 0) is 33.6 Å². The number of rotatable bonds is 9. The first kappa shape index (κ1) is 26.0. The first-order chi connectivity index (χ1) is 13.4. The van der Waals surface area contributed by atoms with E-state index in [1.807, 2.05) is 20.8 Å². The van der Waals surface area contributed by atoms with Gasteiger partial charge in [0, 0.05) is 36.3 Å². The number of ether oxygens (including phenoxy) is 1. The Morgan fingerprint density at radius 2 is 1.55 bits per heavy atom. The van der Waals surface area contributed by atoms with Crippen LogP contribution in [0.5, 0.6) is 0 Å². The second-order valence-corrected chi connectivity index (χ2v) is 10.9. The Balaban J connectivity index is 2.66. The molecule has 1 fully saturated rings. The fourth-order valence-corrected chi connectivity index (χ4v) is 4.80. The SMILES string of the molecule is CC(=O)SCC(C)C(=O)SCC(C)C(=O)N(CC(=O)OC(C)(C)C)C1CCCC1. The van der Waals surface area contributed by atoms with Gasteiger partial charge in [0.1, 0.15) is 12.1 Å². The quantitative estimate of drug-likeness (QED) is 0.498. The van der Waals surface area contributed by atoms with Crippen LogP contribution in [-0.2, 0) is 23.9 Å². The molecule has 166 valence electrons. The number of hydrogen-bond acceptors (Lipinski definition) is 7. The Labute approximate surface area is 183 Å². The Morgan fingerprint density at radius 1 is 1.00 bits per heavy atom. The van der Waals surface area contributed by atoms with Gasteiger partial charge >= 0.3 is 5.97 Å². The van der Waals surface area contributed by atoms with Crippen molar-refractivity contribution in [3.8, 4) is 0 Å². The molecule has 2 atom stereocenters. The molecule has 0 bridgehead atoms. The molecular formula is C21H35NO5S2. The Kier molecular flexibility index (Phi) is 10.8. The van der Waals surface area contributed by atoms with Crippen LogP contribution in [-0.4, -0.2) is 56.7 Å². The molecule has 8 heteroatoms. The van der Waals surface area contributed by atoms with Crippen molar-refractivity contribution in [2.45, 2.75) is 78.9 Å². The highest BCUT2D eigenvalue weighted by Crippen LogP contribution is 2.26. The second-order valence-electron chi connectivity index (χ2n) is 8.73. The lowest BCUT2D eigenvalue weighted by Crippen LogP contribution is -2.46. The van der Waals surface area contributed by atoms with Crippen molar-refractivity contribution in [1.29, 1.82) is 0 Å². The molecule has 0 aromatic rings. The maximum absolute atomic E-state index is 13.1. The molecule has 1 amide bonds. The third-order valence-electron chi connectivity index (χ3n) is 4.60. The molecule has 1 saturated carbocycles. The molecule has 0 N–H and O–H groups in total. The fraction of sp³-hybridized carbons (Fsp3) is 0.810. The van der Waals surface area contributed by atoms with Crippen molar-refractivity contribution >= 4 is 45.6 Å². The van der Waals surface area contributed by atoms with Crippen LogP contribution in [0.2, 0.25) is 0 Å². The van der Waals surface area contributed by atoms with Crippen molar-refractivity contribution in [2.24, 2.45) is 11.8 Å². The van der Waals surface area contributed by atoms with E-state index in [9.17, 15) is 19.2 Å². The van der Waals surface area contributed by atoms with Gasteiger partial charge < -0.3 is 9.64 Å². The number of hydrogen-bond donors (Lipinski definition) is 0. The summed E-state index contributed by atoms with van der Waals surface area (Å²) in [6, 6.07) is 0.0593. The van der Waals surface area contributed by atoms with Crippen molar-refractivity contribution in [3.05, 3.63) is 0 Å². The van der Waals surface area contributed by atoms with Crippen LogP contribution < -0.4 is 0 Å². The molecule has 0 radical (unpaired) electrons. The summed E-state index contributed by atoms with van der Waals surface area (Å²) in [5.41, 5.74) is -0.594. The maximum atomic E-state index is 13.1. The van der Waals surface area contributed by atoms with Crippen LogP contribution in [0.3, 0.4) is 0 Å². The normalized spacial score (nSPS) is 16.9. The topological polar surface area (TPSA) is 80.8 Å². The zero-order valence-electron chi connectivity index (χ0n) is 18.5. The summed E-state index contributed by atoms with van der Waals surface area (Å²) < 4.78 is 5.41. The number of thioether (sulfide) groups is 2. The van der Waals surface area contributed by atoms with E-state index in [0.29, 0.717) is 11.5 Å². The van der Waals surface area contributed by atoms with Gasteiger partial charge in [-0.15, -0.1) is 0 Å². The molecule has 0 aromatic heterocycles. The third kappa shape index (κ3) is 10.0. The second kappa shape index (κ2) is 12.0. The van der Waals surface area contributed by atoms with Crippen LogP contribution in [0, 0.1) is 11.8 Å². The summed E-state index contributed by atoms with van der Waals surface area (Å²) in [5, 5.41) is -0.0227. The lowest BCUT2D eigenvalue weighted by atomic mass is 10.1. The minimum atomic E-state index is -0.594. The van der Waals surface area contributed by atoms with E-state index >= 15 is 0 Å². The van der Waals surface area contributed by atoms with E-state index in [-0.39, 0.29) is 40.6 Å². The number of esters is 1. The highest BCUT2D eigenvalue weighted by atomic mass is 32.2. The molecule has 29 heavy (non-hydrogen) atoms. The zero-order valence-corrected chi connectivity index (χ0v) is 20.1. The van der Waals surface area contributed by atoms with Gasteiger partial charge in [0.05, 0.1) is 0 Å². The van der Waals surface area contributed by atoms with Gasteiger partial charge in [0.2, 0.25) is 5.91 Å². The van der Waals surface area contributed by atoms with E-state index in [1.165, 1.54) is 6.92 Å². The molecular weight excluding hydrogens is 410 g/mol. The van der Waals surface area contributed by atoms with Crippen LogP contribution in [0.4, 0.5) is 0 Å². The average molecular weight is 446 g/mol. The number of carbonyl (C=O) groups is 4. The lowest BCUT2D eigenvalue weighted by Gasteiger charge is -2.31. The van der Waals surface area contributed by atoms with Gasteiger partial charge in [0.25, 0.3) is 0 Å². The predicted octanol–water partition coefficient (Wildman–Crippen LogP) is 3.91. The highest BCUT2D eigenvalue weighted by molar-refractivity contribution is 8.14. The summed E-state index contributed by atoms with van der Waals surface area (Å²) in [7, 11) is 0. The summed E-state index contributed by atoms with van der Waals surface area (Å²) >= 11 is 2.28. The van der Waals surface area contributed by atoms with E-state index in [0.717, 1.165) is 49.2 Å². The smallest absolute Gasteiger partial charge is 0.326 e. The Hall–Kier alpha value is -1.02. The van der Waals surface area contributed by atoms with Crippen molar-refractivity contribution in [1.82, 2.24) is 4.90 Å². The molecule has 1 aliphatic rings.